The van der Waals surface area contributed by atoms with Gasteiger partial charge in [-0.15, -0.1) is 12.4 Å². The maximum absolute atomic E-state index is 12.8. The van der Waals surface area contributed by atoms with Gasteiger partial charge in [0.05, 0.1) is 19.2 Å². The van der Waals surface area contributed by atoms with Crippen molar-refractivity contribution in [3.05, 3.63) is 29.8 Å². The first-order valence-electron chi connectivity index (χ1n) is 8.18. The van der Waals surface area contributed by atoms with Gasteiger partial charge in [-0.1, -0.05) is 26.0 Å². The second kappa shape index (κ2) is 11.8. The van der Waals surface area contributed by atoms with Crippen molar-refractivity contribution < 1.29 is 31.9 Å². The minimum absolute atomic E-state index is 0. The Bertz CT molecular complexity index is 648. The zero-order valence-electron chi connectivity index (χ0n) is 15.4. The predicted octanol–water partition coefficient (Wildman–Crippen LogP) is 2.56. The van der Waals surface area contributed by atoms with Crippen molar-refractivity contribution in [1.29, 1.82) is 0 Å². The summed E-state index contributed by atoms with van der Waals surface area (Å²) in [5.74, 6) is -5.27. The van der Waals surface area contributed by atoms with E-state index in [-0.39, 0.29) is 31.5 Å². The number of halogens is 5. The quantitative estimate of drug-likeness (QED) is 0.498. The first-order valence-corrected chi connectivity index (χ1v) is 8.18. The van der Waals surface area contributed by atoms with Crippen molar-refractivity contribution in [3.8, 4) is 0 Å². The Kier molecular flexibility index (Phi) is 11.0. The third-order valence-electron chi connectivity index (χ3n) is 3.54. The van der Waals surface area contributed by atoms with Crippen molar-refractivity contribution in [3.63, 3.8) is 0 Å². The van der Waals surface area contributed by atoms with Crippen LogP contribution in [-0.2, 0) is 20.9 Å². The van der Waals surface area contributed by atoms with Crippen molar-refractivity contribution >= 4 is 29.9 Å². The van der Waals surface area contributed by atoms with Crippen LogP contribution in [0.5, 0.6) is 0 Å². The average Bonchev–Trinajstić information content (AvgIpc) is 2.59. The number of anilines is 1. The van der Waals surface area contributed by atoms with Crippen LogP contribution in [0.4, 0.5) is 23.2 Å². The molecular formula is C17H24ClF4N3O3. The Morgan fingerprint density at radius 3 is 2.46 bits per heavy atom. The lowest BCUT2D eigenvalue weighted by molar-refractivity contribution is -0.168. The molecule has 1 rings (SSSR count). The van der Waals surface area contributed by atoms with Gasteiger partial charge in [-0.3, -0.25) is 9.59 Å². The van der Waals surface area contributed by atoms with E-state index in [9.17, 15) is 27.2 Å². The van der Waals surface area contributed by atoms with E-state index >= 15 is 0 Å². The van der Waals surface area contributed by atoms with E-state index in [4.69, 9.17) is 5.73 Å². The van der Waals surface area contributed by atoms with Crippen LogP contribution in [0.3, 0.4) is 0 Å². The van der Waals surface area contributed by atoms with Crippen LogP contribution in [0, 0.1) is 5.92 Å². The Labute approximate surface area is 166 Å². The van der Waals surface area contributed by atoms with Gasteiger partial charge in [-0.25, -0.2) is 8.78 Å². The second-order valence-corrected chi connectivity index (χ2v) is 6.29. The molecule has 0 aromatic heterocycles. The number of nitrogens with two attached hydrogens (primary N) is 1. The zero-order chi connectivity index (χ0) is 20.6. The number of ether oxygens (including phenoxy) is 1. The highest BCUT2D eigenvalue weighted by Crippen LogP contribution is 2.23. The number of carbonyl (C=O) groups is 2. The van der Waals surface area contributed by atoms with Crippen LogP contribution in [0.2, 0.25) is 0 Å². The van der Waals surface area contributed by atoms with E-state index in [1.54, 1.807) is 13.8 Å². The molecule has 2 amide bonds. The first kappa shape index (κ1) is 26.1. The van der Waals surface area contributed by atoms with Crippen LogP contribution in [0.25, 0.3) is 0 Å². The SMILES string of the molecule is CC(C)[C@H](N)C(=O)NCC(=O)Nc1cccc(COCC(F)(F)C(F)F)c1.Cl. The van der Waals surface area contributed by atoms with E-state index in [2.05, 4.69) is 15.4 Å². The van der Waals surface area contributed by atoms with Gasteiger partial charge in [0.2, 0.25) is 11.8 Å². The highest BCUT2D eigenvalue weighted by atomic mass is 35.5. The monoisotopic (exact) mass is 429 g/mol. The summed E-state index contributed by atoms with van der Waals surface area (Å²) in [5, 5.41) is 4.92. The summed E-state index contributed by atoms with van der Waals surface area (Å²) < 4.78 is 54.3. The van der Waals surface area contributed by atoms with Crippen LogP contribution < -0.4 is 16.4 Å². The summed E-state index contributed by atoms with van der Waals surface area (Å²) >= 11 is 0. The number of carbonyl (C=O) groups excluding carboxylic acids is 2. The molecule has 0 fully saturated rings. The van der Waals surface area contributed by atoms with Crippen molar-refractivity contribution in [2.45, 2.75) is 38.8 Å². The fourth-order valence-corrected chi connectivity index (χ4v) is 1.90. The smallest absolute Gasteiger partial charge is 0.330 e. The van der Waals surface area contributed by atoms with Gasteiger partial charge in [0, 0.05) is 5.69 Å². The number of amides is 2. The molecule has 0 unspecified atom stereocenters. The number of rotatable bonds is 10. The van der Waals surface area contributed by atoms with E-state index in [0.29, 0.717) is 11.3 Å². The summed E-state index contributed by atoms with van der Waals surface area (Å²) in [5.41, 5.74) is 6.40. The predicted molar refractivity (Wildman–Crippen MR) is 98.7 cm³/mol. The molecule has 1 atom stereocenters. The second-order valence-electron chi connectivity index (χ2n) is 6.29. The molecule has 1 aromatic rings. The Morgan fingerprint density at radius 1 is 1.25 bits per heavy atom. The van der Waals surface area contributed by atoms with Gasteiger partial charge in [0.1, 0.15) is 6.61 Å². The number of hydrogen-bond acceptors (Lipinski definition) is 4. The zero-order valence-corrected chi connectivity index (χ0v) is 16.2. The molecule has 160 valence electrons. The standard InChI is InChI=1S/C17H23F4N3O3.ClH/c1-10(2)14(22)15(26)23-7-13(25)24-12-5-3-4-11(6-12)8-27-9-17(20,21)16(18)19;/h3-6,10,14,16H,7-9,22H2,1-2H3,(H,23,26)(H,24,25);1H/t14-;/m0./s1. The van der Waals surface area contributed by atoms with Crippen LogP contribution in [0.15, 0.2) is 24.3 Å². The fourth-order valence-electron chi connectivity index (χ4n) is 1.90. The van der Waals surface area contributed by atoms with Gasteiger partial charge in [0.15, 0.2) is 0 Å². The molecule has 6 nitrogen and oxygen atoms in total. The molecule has 0 saturated carbocycles. The van der Waals surface area contributed by atoms with E-state index in [1.165, 1.54) is 24.3 Å². The normalized spacial score (nSPS) is 12.5. The van der Waals surface area contributed by atoms with E-state index in [0.717, 1.165) is 0 Å². The molecular weight excluding hydrogens is 406 g/mol. The third kappa shape index (κ3) is 8.85. The molecule has 28 heavy (non-hydrogen) atoms. The molecule has 0 aliphatic rings. The van der Waals surface area contributed by atoms with Crippen molar-refractivity contribution in [2.24, 2.45) is 11.7 Å². The highest BCUT2D eigenvalue weighted by Gasteiger charge is 2.40. The molecule has 11 heteroatoms. The van der Waals surface area contributed by atoms with Gasteiger partial charge >= 0.3 is 12.3 Å². The lowest BCUT2D eigenvalue weighted by Crippen LogP contribution is -2.46. The summed E-state index contributed by atoms with van der Waals surface area (Å²) in [7, 11) is 0. The fraction of sp³-hybridized carbons (Fsp3) is 0.529. The maximum atomic E-state index is 12.8. The minimum Gasteiger partial charge on any atom is -0.370 e. The lowest BCUT2D eigenvalue weighted by atomic mass is 10.1. The molecule has 0 aliphatic carbocycles. The summed E-state index contributed by atoms with van der Waals surface area (Å²) in [6.45, 7) is 1.51. The number of nitrogens with one attached hydrogen (secondary N) is 2. The highest BCUT2D eigenvalue weighted by molar-refractivity contribution is 5.95. The molecule has 0 heterocycles. The van der Waals surface area contributed by atoms with Crippen LogP contribution in [0.1, 0.15) is 19.4 Å². The molecule has 0 saturated heterocycles. The van der Waals surface area contributed by atoms with Gasteiger partial charge in [-0.2, -0.15) is 8.78 Å². The maximum Gasteiger partial charge on any atom is 0.330 e. The molecule has 0 aliphatic heterocycles. The first-order chi connectivity index (χ1) is 12.5. The molecule has 0 bridgehead atoms. The van der Waals surface area contributed by atoms with Crippen molar-refractivity contribution in [2.75, 3.05) is 18.5 Å². The van der Waals surface area contributed by atoms with Crippen molar-refractivity contribution in [1.82, 2.24) is 5.32 Å². The largest absolute Gasteiger partial charge is 0.370 e. The summed E-state index contributed by atoms with van der Waals surface area (Å²) in [4.78, 5) is 23.6. The molecule has 0 spiro atoms. The molecule has 1 aromatic carbocycles. The number of benzene rings is 1. The minimum atomic E-state index is -4.22. The molecule has 0 radical (unpaired) electrons. The summed E-state index contributed by atoms with van der Waals surface area (Å²) in [6.07, 6.45) is -3.80. The van der Waals surface area contributed by atoms with Crippen LogP contribution >= 0.6 is 12.4 Å². The van der Waals surface area contributed by atoms with Gasteiger partial charge < -0.3 is 21.1 Å². The van der Waals surface area contributed by atoms with E-state index < -0.39 is 36.8 Å². The number of alkyl halides is 4. The van der Waals surface area contributed by atoms with Gasteiger partial charge in [0.25, 0.3) is 0 Å². The summed E-state index contributed by atoms with van der Waals surface area (Å²) in [6, 6.07) is 5.31. The van der Waals surface area contributed by atoms with E-state index in [1.807, 2.05) is 0 Å². The van der Waals surface area contributed by atoms with Gasteiger partial charge in [-0.05, 0) is 23.6 Å². The topological polar surface area (TPSA) is 93.5 Å². The third-order valence-corrected chi connectivity index (χ3v) is 3.54. The lowest BCUT2D eigenvalue weighted by Gasteiger charge is -2.16. The van der Waals surface area contributed by atoms with Crippen LogP contribution in [-0.4, -0.2) is 43.4 Å². The average molecular weight is 430 g/mol. The Morgan fingerprint density at radius 2 is 1.89 bits per heavy atom. The Balaban J connectivity index is 0.00000729. The Hall–Kier alpha value is -1.91. The molecule has 4 N–H and O–H groups in total. The number of hydrogen-bond donors (Lipinski definition) is 3.